The normalized spacial score (nSPS) is 14.4. The summed E-state index contributed by atoms with van der Waals surface area (Å²) in [5.74, 6) is 0.0459. The van der Waals surface area contributed by atoms with Crippen LogP contribution in [0.3, 0.4) is 0 Å². The first-order valence-electron chi connectivity index (χ1n) is 8.93. The number of fused-ring (bicyclic) bond motifs is 1. The van der Waals surface area contributed by atoms with Crippen molar-refractivity contribution >= 4 is 26.8 Å². The number of tetrazole rings is 1. The van der Waals surface area contributed by atoms with Crippen molar-refractivity contribution < 1.29 is 12.8 Å². The van der Waals surface area contributed by atoms with Crippen molar-refractivity contribution in [1.82, 2.24) is 24.8 Å². The second-order valence-corrected chi connectivity index (χ2v) is 8.60. The van der Waals surface area contributed by atoms with Gasteiger partial charge in [0.25, 0.3) is 10.0 Å². The fraction of sp³-hybridized carbons (Fsp3) is 0.222. The van der Waals surface area contributed by atoms with Crippen LogP contribution in [0, 0.1) is 0 Å². The highest BCUT2D eigenvalue weighted by molar-refractivity contribution is 7.92. The quantitative estimate of drug-likeness (QED) is 0.531. The van der Waals surface area contributed by atoms with E-state index in [1.165, 1.54) is 22.8 Å². The Labute approximate surface area is 164 Å². The molecule has 0 bridgehead atoms. The van der Waals surface area contributed by atoms with Gasteiger partial charge in [-0.15, -0.1) is 5.10 Å². The Bertz CT molecular complexity index is 1400. The third-order valence-electron chi connectivity index (χ3n) is 4.83. The average molecular weight is 412 g/mol. The smallest absolute Gasteiger partial charge is 0.408 e. The van der Waals surface area contributed by atoms with Gasteiger partial charge in [0.1, 0.15) is 0 Å². The highest BCUT2D eigenvalue weighted by Crippen LogP contribution is 2.37. The minimum Gasteiger partial charge on any atom is -0.408 e. The highest BCUT2D eigenvalue weighted by atomic mass is 32.2. The molecule has 0 atom stereocenters. The van der Waals surface area contributed by atoms with E-state index in [4.69, 9.17) is 4.42 Å². The number of aryl methyl sites for hydroxylation is 1. The minimum absolute atomic E-state index is 0.00688. The number of hydrogen-bond donors (Lipinski definition) is 1. The number of oxazole rings is 1. The van der Waals surface area contributed by atoms with E-state index in [9.17, 15) is 13.2 Å². The summed E-state index contributed by atoms with van der Waals surface area (Å²) in [7, 11) is -2.33. The van der Waals surface area contributed by atoms with E-state index < -0.39 is 15.8 Å². The Morgan fingerprint density at radius 3 is 2.79 bits per heavy atom. The number of aromatic nitrogens is 5. The second-order valence-electron chi connectivity index (χ2n) is 6.92. The van der Waals surface area contributed by atoms with Gasteiger partial charge in [-0.2, -0.15) is 0 Å². The average Bonchev–Trinajstić information content (AvgIpc) is 3.35. The van der Waals surface area contributed by atoms with Gasteiger partial charge in [-0.25, -0.2) is 17.9 Å². The van der Waals surface area contributed by atoms with Crippen molar-refractivity contribution in [3.63, 3.8) is 0 Å². The molecule has 0 aliphatic heterocycles. The van der Waals surface area contributed by atoms with Crippen molar-refractivity contribution in [1.29, 1.82) is 0 Å². The van der Waals surface area contributed by atoms with Crippen molar-refractivity contribution in [2.75, 3.05) is 4.72 Å². The van der Waals surface area contributed by atoms with E-state index in [2.05, 4.69) is 20.2 Å². The molecule has 0 saturated heterocycles. The lowest BCUT2D eigenvalue weighted by Crippen LogP contribution is -2.13. The molecule has 1 aliphatic rings. The number of benzene rings is 2. The lowest BCUT2D eigenvalue weighted by atomic mass is 10.2. The first kappa shape index (κ1) is 17.6. The van der Waals surface area contributed by atoms with Crippen LogP contribution in [0.25, 0.3) is 22.5 Å². The van der Waals surface area contributed by atoms with Gasteiger partial charge in [-0.3, -0.25) is 9.29 Å². The predicted molar refractivity (Wildman–Crippen MR) is 104 cm³/mol. The zero-order valence-corrected chi connectivity index (χ0v) is 16.1. The molecular formula is C18H16N6O4S. The topological polar surface area (TPSA) is 125 Å². The van der Waals surface area contributed by atoms with E-state index in [1.54, 1.807) is 29.9 Å². The Morgan fingerprint density at radius 2 is 2.00 bits per heavy atom. The largest absolute Gasteiger partial charge is 0.419 e. The lowest BCUT2D eigenvalue weighted by molar-refractivity contribution is 0.527. The van der Waals surface area contributed by atoms with Crippen LogP contribution >= 0.6 is 0 Å². The standard InChI is InChI=1S/C18H16N6O4S/c1-23-15-8-7-14(10-16(15)28-18(23)25)29(26,27)20-12-4-2-3-11(9-12)17-19-21-22-24(17)13-5-6-13/h2-4,7-10,13,20H,5-6H2,1H3. The van der Waals surface area contributed by atoms with Crippen LogP contribution in [0.5, 0.6) is 0 Å². The summed E-state index contributed by atoms with van der Waals surface area (Å²) in [4.78, 5) is 11.6. The zero-order valence-electron chi connectivity index (χ0n) is 15.3. The third kappa shape index (κ3) is 3.09. The van der Waals surface area contributed by atoms with Gasteiger partial charge >= 0.3 is 5.76 Å². The molecule has 11 heteroatoms. The molecule has 2 aromatic heterocycles. The first-order valence-corrected chi connectivity index (χ1v) is 10.4. The van der Waals surface area contributed by atoms with E-state index >= 15 is 0 Å². The Morgan fingerprint density at radius 1 is 1.17 bits per heavy atom. The van der Waals surface area contributed by atoms with Crippen LogP contribution in [0.15, 0.2) is 56.6 Å². The molecule has 1 saturated carbocycles. The Balaban J connectivity index is 1.48. The lowest BCUT2D eigenvalue weighted by Gasteiger charge is -2.10. The maximum Gasteiger partial charge on any atom is 0.419 e. The van der Waals surface area contributed by atoms with Gasteiger partial charge in [0, 0.05) is 24.4 Å². The highest BCUT2D eigenvalue weighted by Gasteiger charge is 2.28. The fourth-order valence-corrected chi connectivity index (χ4v) is 4.23. The second kappa shape index (κ2) is 6.27. The van der Waals surface area contributed by atoms with Gasteiger partial charge < -0.3 is 4.42 Å². The summed E-state index contributed by atoms with van der Waals surface area (Å²) in [6, 6.07) is 11.5. The van der Waals surface area contributed by atoms with Crippen LogP contribution in [0.2, 0.25) is 0 Å². The maximum atomic E-state index is 12.8. The van der Waals surface area contributed by atoms with E-state index in [1.807, 2.05) is 6.07 Å². The SMILES string of the molecule is Cn1c(=O)oc2cc(S(=O)(=O)Nc3cccc(-c4nnnn4C4CC4)c3)ccc21. The number of nitrogens with one attached hydrogen (secondary N) is 1. The maximum absolute atomic E-state index is 12.8. The van der Waals surface area contributed by atoms with E-state index in [-0.39, 0.29) is 10.5 Å². The molecule has 0 unspecified atom stereocenters. The fourth-order valence-electron chi connectivity index (χ4n) is 3.17. The molecule has 2 heterocycles. The molecule has 2 aromatic carbocycles. The van der Waals surface area contributed by atoms with E-state index in [0.29, 0.717) is 28.6 Å². The van der Waals surface area contributed by atoms with Gasteiger partial charge in [-0.1, -0.05) is 12.1 Å². The zero-order chi connectivity index (χ0) is 20.2. The van der Waals surface area contributed by atoms with Crippen LogP contribution in [0.1, 0.15) is 18.9 Å². The van der Waals surface area contributed by atoms with Crippen molar-refractivity contribution in [3.8, 4) is 11.4 Å². The predicted octanol–water partition coefficient (Wildman–Crippen LogP) is 1.92. The Hall–Kier alpha value is -3.47. The van der Waals surface area contributed by atoms with Gasteiger partial charge in [-0.05, 0) is 47.5 Å². The molecule has 5 rings (SSSR count). The monoisotopic (exact) mass is 412 g/mol. The molecule has 1 N–H and O–H groups in total. The Kier molecular flexibility index (Phi) is 3.81. The minimum atomic E-state index is -3.89. The number of nitrogens with zero attached hydrogens (tertiary/aromatic N) is 5. The number of anilines is 1. The summed E-state index contributed by atoms with van der Waals surface area (Å²) in [5, 5.41) is 11.8. The summed E-state index contributed by atoms with van der Waals surface area (Å²) in [6.07, 6.45) is 2.06. The molecule has 0 spiro atoms. The van der Waals surface area contributed by atoms with Crippen molar-refractivity contribution in [3.05, 3.63) is 53.0 Å². The first-order chi connectivity index (χ1) is 13.9. The molecule has 0 radical (unpaired) electrons. The summed E-state index contributed by atoms with van der Waals surface area (Å²) >= 11 is 0. The number of hydrogen-bond acceptors (Lipinski definition) is 7. The number of sulfonamides is 1. The van der Waals surface area contributed by atoms with Crippen molar-refractivity contribution in [2.45, 2.75) is 23.8 Å². The summed E-state index contributed by atoms with van der Waals surface area (Å²) in [5.41, 5.74) is 1.81. The van der Waals surface area contributed by atoms with Gasteiger partial charge in [0.15, 0.2) is 11.4 Å². The third-order valence-corrected chi connectivity index (χ3v) is 6.21. The summed E-state index contributed by atoms with van der Waals surface area (Å²) in [6.45, 7) is 0. The molecule has 1 aliphatic carbocycles. The summed E-state index contributed by atoms with van der Waals surface area (Å²) < 4.78 is 36.4. The molecule has 10 nitrogen and oxygen atoms in total. The molecule has 148 valence electrons. The molecule has 29 heavy (non-hydrogen) atoms. The number of rotatable bonds is 5. The van der Waals surface area contributed by atoms with Gasteiger partial charge in [0.2, 0.25) is 0 Å². The molecule has 1 fully saturated rings. The van der Waals surface area contributed by atoms with Crippen LogP contribution in [-0.2, 0) is 17.1 Å². The van der Waals surface area contributed by atoms with E-state index in [0.717, 1.165) is 12.8 Å². The van der Waals surface area contributed by atoms with Crippen LogP contribution in [-0.4, -0.2) is 33.2 Å². The van der Waals surface area contributed by atoms with Gasteiger partial charge in [0.05, 0.1) is 16.5 Å². The molecule has 0 amide bonds. The van der Waals surface area contributed by atoms with Crippen LogP contribution < -0.4 is 10.5 Å². The molecular weight excluding hydrogens is 396 g/mol. The van der Waals surface area contributed by atoms with Crippen LogP contribution in [0.4, 0.5) is 5.69 Å². The molecule has 4 aromatic rings. The van der Waals surface area contributed by atoms with Crippen molar-refractivity contribution in [2.24, 2.45) is 7.05 Å².